The third-order valence-electron chi connectivity index (χ3n) is 2.10. The zero-order chi connectivity index (χ0) is 14.0. The van der Waals surface area contributed by atoms with Crippen LogP contribution in [-0.4, -0.2) is 21.1 Å². The highest BCUT2D eigenvalue weighted by molar-refractivity contribution is 9.10. The molecule has 1 aromatic carbocycles. The second-order valence-electron chi connectivity index (χ2n) is 3.44. The lowest BCUT2D eigenvalue weighted by Gasteiger charge is -2.03. The first-order valence-electron chi connectivity index (χ1n) is 4.93. The molecule has 0 saturated heterocycles. The summed E-state index contributed by atoms with van der Waals surface area (Å²) in [6.07, 6.45) is -4.64. The van der Waals surface area contributed by atoms with Crippen molar-refractivity contribution < 1.29 is 18.0 Å². The van der Waals surface area contributed by atoms with Crippen molar-refractivity contribution in [1.82, 2.24) is 15.2 Å². The number of nitrogens with zero attached hydrogens (tertiary/aromatic N) is 2. The van der Waals surface area contributed by atoms with Gasteiger partial charge in [0.25, 0.3) is 5.91 Å². The maximum atomic E-state index is 12.3. The lowest BCUT2D eigenvalue weighted by molar-refractivity contribution is -0.144. The smallest absolute Gasteiger partial charge is 0.289 e. The average Bonchev–Trinajstić information content (AvgIpc) is 2.77. The fourth-order valence-electron chi connectivity index (χ4n) is 1.26. The molecule has 9 heteroatoms. The van der Waals surface area contributed by atoms with Gasteiger partial charge in [0.1, 0.15) is 0 Å². The van der Waals surface area contributed by atoms with Crippen molar-refractivity contribution in [2.75, 3.05) is 5.32 Å². The minimum Gasteiger partial charge on any atom is -0.289 e. The van der Waals surface area contributed by atoms with Gasteiger partial charge in [-0.05, 0) is 28.1 Å². The minimum absolute atomic E-state index is 0.265. The molecule has 0 aliphatic heterocycles. The number of hydrogen-bond donors (Lipinski definition) is 2. The van der Waals surface area contributed by atoms with Crippen LogP contribution < -0.4 is 5.32 Å². The van der Waals surface area contributed by atoms with Crippen LogP contribution in [0.25, 0.3) is 0 Å². The third-order valence-corrected chi connectivity index (χ3v) is 2.79. The van der Waals surface area contributed by atoms with E-state index in [-0.39, 0.29) is 5.56 Å². The maximum absolute atomic E-state index is 12.3. The molecule has 1 heterocycles. The minimum atomic E-state index is -4.64. The highest BCUT2D eigenvalue weighted by Gasteiger charge is 2.35. The lowest BCUT2D eigenvalue weighted by atomic mass is 10.2. The van der Waals surface area contributed by atoms with Crippen LogP contribution in [-0.2, 0) is 6.18 Å². The van der Waals surface area contributed by atoms with Gasteiger partial charge >= 0.3 is 6.18 Å². The van der Waals surface area contributed by atoms with Gasteiger partial charge < -0.3 is 0 Å². The number of carbonyl (C=O) groups excluding carboxylic acids is 1. The van der Waals surface area contributed by atoms with E-state index >= 15 is 0 Å². The van der Waals surface area contributed by atoms with E-state index in [2.05, 4.69) is 31.3 Å². The number of rotatable bonds is 2. The van der Waals surface area contributed by atoms with E-state index in [1.807, 2.05) is 0 Å². The summed E-state index contributed by atoms with van der Waals surface area (Å²) in [7, 11) is 0. The van der Waals surface area contributed by atoms with Gasteiger partial charge in [-0.2, -0.15) is 18.2 Å². The first-order chi connectivity index (χ1) is 8.88. The second kappa shape index (κ2) is 5.00. The van der Waals surface area contributed by atoms with E-state index in [1.165, 1.54) is 6.07 Å². The van der Waals surface area contributed by atoms with Gasteiger partial charge in [-0.1, -0.05) is 12.1 Å². The van der Waals surface area contributed by atoms with E-state index in [1.54, 1.807) is 23.3 Å². The van der Waals surface area contributed by atoms with Gasteiger partial charge in [0.2, 0.25) is 11.8 Å². The van der Waals surface area contributed by atoms with Gasteiger partial charge in [-0.15, -0.1) is 5.10 Å². The van der Waals surface area contributed by atoms with Crippen LogP contribution in [0.3, 0.4) is 0 Å². The molecule has 0 bridgehead atoms. The largest absolute Gasteiger partial charge is 0.451 e. The molecule has 5 nitrogen and oxygen atoms in total. The van der Waals surface area contributed by atoms with E-state index in [9.17, 15) is 18.0 Å². The van der Waals surface area contributed by atoms with Crippen molar-refractivity contribution in [3.63, 3.8) is 0 Å². The Morgan fingerprint density at radius 3 is 2.58 bits per heavy atom. The standard InChI is InChI=1S/C10H6BrF3N4O/c11-6-4-2-1-3-5(6)7(19)15-9-16-8(17-18-9)10(12,13)14/h1-4H,(H2,15,16,17,18,19). The number of anilines is 1. The lowest BCUT2D eigenvalue weighted by Crippen LogP contribution is -2.14. The molecule has 2 N–H and O–H groups in total. The Balaban J connectivity index is 2.16. The van der Waals surface area contributed by atoms with Gasteiger partial charge in [0.15, 0.2) is 0 Å². The Morgan fingerprint density at radius 1 is 1.32 bits per heavy atom. The molecule has 0 fully saturated rings. The number of halogens is 4. The van der Waals surface area contributed by atoms with Crippen molar-refractivity contribution in [1.29, 1.82) is 0 Å². The van der Waals surface area contributed by atoms with Crippen molar-refractivity contribution in [3.8, 4) is 0 Å². The molecular weight excluding hydrogens is 329 g/mol. The van der Waals surface area contributed by atoms with Crippen LogP contribution in [0, 0.1) is 0 Å². The molecule has 0 saturated carbocycles. The zero-order valence-corrected chi connectivity index (χ0v) is 10.7. The number of carbonyl (C=O) groups is 1. The maximum Gasteiger partial charge on any atom is 0.451 e. The van der Waals surface area contributed by atoms with Gasteiger partial charge in [-0.25, -0.2) is 0 Å². The molecule has 2 aromatic rings. The molecule has 0 aliphatic rings. The number of nitrogens with one attached hydrogen (secondary N) is 2. The van der Waals surface area contributed by atoms with Crippen LogP contribution >= 0.6 is 15.9 Å². The first-order valence-corrected chi connectivity index (χ1v) is 5.72. The van der Waals surface area contributed by atoms with Crippen molar-refractivity contribution >= 4 is 27.8 Å². The quantitative estimate of drug-likeness (QED) is 0.887. The molecule has 0 radical (unpaired) electrons. The summed E-state index contributed by atoms with van der Waals surface area (Å²) in [4.78, 5) is 14.9. The van der Waals surface area contributed by atoms with Crippen molar-refractivity contribution in [3.05, 3.63) is 40.1 Å². The summed E-state index contributed by atoms with van der Waals surface area (Å²) in [6, 6.07) is 6.47. The molecule has 0 aliphatic carbocycles. The second-order valence-corrected chi connectivity index (χ2v) is 4.29. The van der Waals surface area contributed by atoms with Crippen LogP contribution in [0.1, 0.15) is 16.2 Å². The van der Waals surface area contributed by atoms with Crippen LogP contribution in [0.4, 0.5) is 19.1 Å². The van der Waals surface area contributed by atoms with Crippen molar-refractivity contribution in [2.45, 2.75) is 6.18 Å². The molecule has 0 spiro atoms. The fraction of sp³-hybridized carbons (Fsp3) is 0.100. The molecule has 19 heavy (non-hydrogen) atoms. The summed E-state index contributed by atoms with van der Waals surface area (Å²) < 4.78 is 37.3. The first kappa shape index (κ1) is 13.5. The molecule has 0 unspecified atom stereocenters. The van der Waals surface area contributed by atoms with Crippen molar-refractivity contribution in [2.24, 2.45) is 0 Å². The molecule has 1 amide bonds. The number of alkyl halides is 3. The summed E-state index contributed by atoms with van der Waals surface area (Å²) in [5, 5.41) is 7.15. The zero-order valence-electron chi connectivity index (χ0n) is 9.12. The topological polar surface area (TPSA) is 70.7 Å². The third kappa shape index (κ3) is 3.11. The SMILES string of the molecule is O=C(Nc1n[nH]c(C(F)(F)F)n1)c1ccccc1Br. The Bertz CT molecular complexity index is 611. The molecule has 100 valence electrons. The molecule has 2 rings (SSSR count). The van der Waals surface area contributed by atoms with Gasteiger partial charge in [0.05, 0.1) is 5.56 Å². The Labute approximate surface area is 113 Å². The van der Waals surface area contributed by atoms with Crippen LogP contribution in [0.15, 0.2) is 28.7 Å². The van der Waals surface area contributed by atoms with Crippen LogP contribution in [0.2, 0.25) is 0 Å². The monoisotopic (exact) mass is 334 g/mol. The number of H-pyrrole nitrogens is 1. The highest BCUT2D eigenvalue weighted by Crippen LogP contribution is 2.26. The van der Waals surface area contributed by atoms with E-state index in [0.29, 0.717) is 4.47 Å². The highest BCUT2D eigenvalue weighted by atomic mass is 79.9. The normalized spacial score (nSPS) is 11.4. The summed E-state index contributed by atoms with van der Waals surface area (Å²) in [5.41, 5.74) is 0.265. The molecular formula is C10H6BrF3N4O. The van der Waals surface area contributed by atoms with Crippen LogP contribution in [0.5, 0.6) is 0 Å². The summed E-state index contributed by atoms with van der Waals surface area (Å²) >= 11 is 3.16. The van der Waals surface area contributed by atoms with E-state index in [0.717, 1.165) is 0 Å². The number of aromatic amines is 1. The average molecular weight is 335 g/mol. The molecule has 0 atom stereocenters. The van der Waals surface area contributed by atoms with Gasteiger partial charge in [0, 0.05) is 4.47 Å². The predicted octanol–water partition coefficient (Wildman–Crippen LogP) is 2.84. The number of aromatic nitrogens is 3. The fourth-order valence-corrected chi connectivity index (χ4v) is 1.72. The number of benzene rings is 1. The predicted molar refractivity (Wildman–Crippen MR) is 63.5 cm³/mol. The van der Waals surface area contributed by atoms with E-state index < -0.39 is 23.9 Å². The van der Waals surface area contributed by atoms with Gasteiger partial charge in [-0.3, -0.25) is 15.2 Å². The summed E-state index contributed by atoms with van der Waals surface area (Å²) in [5.74, 6) is -2.32. The Morgan fingerprint density at radius 2 is 2.00 bits per heavy atom. The van der Waals surface area contributed by atoms with E-state index in [4.69, 9.17) is 0 Å². The Kier molecular flexibility index (Phi) is 3.56. The number of amides is 1. The number of hydrogen-bond acceptors (Lipinski definition) is 3. The molecule has 1 aromatic heterocycles. The Hall–Kier alpha value is -1.90. The summed E-state index contributed by atoms with van der Waals surface area (Å²) in [6.45, 7) is 0.